The van der Waals surface area contributed by atoms with E-state index >= 15 is 0 Å². The van der Waals surface area contributed by atoms with E-state index in [0.717, 1.165) is 23.1 Å². The van der Waals surface area contributed by atoms with E-state index < -0.39 is 0 Å². The predicted molar refractivity (Wildman–Crippen MR) is 31.5 cm³/mol. The molecule has 2 N–H and O–H groups in total. The lowest BCUT2D eigenvalue weighted by molar-refractivity contribution is 1.35. The van der Waals surface area contributed by atoms with Crippen molar-refractivity contribution in [3.63, 3.8) is 0 Å². The van der Waals surface area contributed by atoms with Gasteiger partial charge in [0, 0.05) is 0 Å². The van der Waals surface area contributed by atoms with Gasteiger partial charge in [-0.15, -0.1) is 11.4 Å². The topological polar surface area (TPSA) is 38.4 Å². The van der Waals surface area contributed by atoms with E-state index in [1.807, 2.05) is 5.37 Å². The Hall–Kier alpha value is -0.310. The molecule has 3 heteroatoms. The first kappa shape index (κ1) is 3.87. The van der Waals surface area contributed by atoms with Crippen molar-refractivity contribution < 1.29 is 0 Å². The lowest BCUT2D eigenvalue weighted by Crippen LogP contribution is -1.99. The second-order valence-electron chi connectivity index (χ2n) is 1.01. The minimum Gasteiger partial charge on any atom is -0.379 e. The maximum Gasteiger partial charge on any atom is 0.145 e. The fourth-order valence-electron chi connectivity index (χ4n) is 0.310. The summed E-state index contributed by atoms with van der Waals surface area (Å²) >= 11 is 1.09. The second-order valence-corrected chi connectivity index (χ2v) is 2.09. The Morgan fingerprint density at radius 3 is 3.00 bits per heavy atom. The molecular formula is C3H6N2S. The molecular weight excluding hydrogens is 96.1 g/mol. The number of nitrogens with two attached hydrogens (primary N) is 1. The summed E-state index contributed by atoms with van der Waals surface area (Å²) in [6.07, 6.45) is 0. The third kappa shape index (κ3) is 0.597. The Morgan fingerprint density at radius 1 is 2.00 bits per heavy atom. The van der Waals surface area contributed by atoms with Gasteiger partial charge >= 0.3 is 0 Å². The summed E-state index contributed by atoms with van der Waals surface area (Å²) < 4.78 is 0. The molecule has 0 fully saturated rings. The highest BCUT2D eigenvalue weighted by Gasteiger charge is 1.85. The van der Waals surface area contributed by atoms with Crippen LogP contribution in [0, 0.1) is 0 Å². The Bertz CT molecular complexity index is 103. The molecule has 2 nitrogen and oxygen atoms in total. The average molecular weight is 102 g/mol. The Kier molecular flexibility index (Phi) is 0.919. The van der Waals surface area contributed by atoms with Gasteiger partial charge in [0.15, 0.2) is 0 Å². The smallest absolute Gasteiger partial charge is 0.145 e. The summed E-state index contributed by atoms with van der Waals surface area (Å²) in [7, 11) is 0. The fraction of sp³-hybridized carbons (Fsp3) is 0.333. The van der Waals surface area contributed by atoms with Gasteiger partial charge in [-0.05, 0) is 5.37 Å². The van der Waals surface area contributed by atoms with E-state index in [0.29, 0.717) is 0 Å². The number of thiol groups is 1. The summed E-state index contributed by atoms with van der Waals surface area (Å²) in [5.74, 6) is 0. The summed E-state index contributed by atoms with van der Waals surface area (Å²) in [5.41, 5.74) is 5.24. The Balaban J connectivity index is 2.68. The SMILES string of the molecule is NC1=NCC=[SH]1. The maximum atomic E-state index is 5.24. The zero-order valence-electron chi connectivity index (χ0n) is 3.26. The van der Waals surface area contributed by atoms with Crippen molar-refractivity contribution in [2.45, 2.75) is 0 Å². The number of hydrogen-bond acceptors (Lipinski definition) is 2. The van der Waals surface area contributed by atoms with E-state index in [1.165, 1.54) is 0 Å². The summed E-state index contributed by atoms with van der Waals surface area (Å²) in [6.45, 7) is 0.813. The van der Waals surface area contributed by atoms with Crippen molar-refractivity contribution in [3.05, 3.63) is 0 Å². The van der Waals surface area contributed by atoms with Crippen molar-refractivity contribution in [1.29, 1.82) is 0 Å². The molecule has 0 saturated heterocycles. The lowest BCUT2D eigenvalue weighted by atomic mass is 10.8. The van der Waals surface area contributed by atoms with Crippen LogP contribution in [-0.2, 0) is 0 Å². The number of aliphatic imine (C=N–C) groups is 1. The van der Waals surface area contributed by atoms with Crippen LogP contribution in [-0.4, -0.2) is 17.1 Å². The number of amidine groups is 1. The molecule has 0 bridgehead atoms. The van der Waals surface area contributed by atoms with Gasteiger partial charge in [-0.1, -0.05) is 0 Å². The highest BCUT2D eigenvalue weighted by Crippen LogP contribution is 1.90. The minimum atomic E-state index is 0.745. The van der Waals surface area contributed by atoms with Crippen LogP contribution in [0.3, 0.4) is 0 Å². The first-order valence-electron chi connectivity index (χ1n) is 1.72. The number of rotatable bonds is 0. The molecule has 0 aromatic heterocycles. The van der Waals surface area contributed by atoms with Gasteiger partial charge in [0.1, 0.15) is 5.17 Å². The van der Waals surface area contributed by atoms with Crippen LogP contribution in [0.1, 0.15) is 0 Å². The average Bonchev–Trinajstić information content (AvgIpc) is 1.86. The summed E-state index contributed by atoms with van der Waals surface area (Å²) in [5, 5.41) is 2.77. The first-order valence-corrected chi connectivity index (χ1v) is 2.68. The quantitative estimate of drug-likeness (QED) is 0.316. The molecule has 1 aliphatic rings. The largest absolute Gasteiger partial charge is 0.379 e. The molecule has 0 amide bonds. The van der Waals surface area contributed by atoms with Crippen LogP contribution in [0.2, 0.25) is 0 Å². The number of hydrogen-bond donors (Lipinski definition) is 2. The Labute approximate surface area is 40.0 Å². The first-order chi connectivity index (χ1) is 2.89. The molecule has 34 valence electrons. The molecule has 1 rings (SSSR count). The van der Waals surface area contributed by atoms with Gasteiger partial charge in [0.25, 0.3) is 0 Å². The monoisotopic (exact) mass is 102 g/mol. The van der Waals surface area contributed by atoms with Crippen LogP contribution in [0.15, 0.2) is 4.99 Å². The Morgan fingerprint density at radius 2 is 2.83 bits per heavy atom. The summed E-state index contributed by atoms with van der Waals surface area (Å²) in [4.78, 5) is 3.86. The van der Waals surface area contributed by atoms with E-state index in [-0.39, 0.29) is 0 Å². The van der Waals surface area contributed by atoms with Gasteiger partial charge in [-0.3, -0.25) is 4.99 Å². The molecule has 0 aromatic carbocycles. The molecule has 1 aliphatic heterocycles. The van der Waals surface area contributed by atoms with Gasteiger partial charge in [0.05, 0.1) is 6.54 Å². The molecule has 0 aliphatic carbocycles. The molecule has 0 saturated carbocycles. The molecule has 0 aromatic rings. The fourth-order valence-corrected chi connectivity index (χ4v) is 0.823. The summed E-state index contributed by atoms with van der Waals surface area (Å²) in [6, 6.07) is 0. The zero-order chi connectivity index (χ0) is 4.41. The van der Waals surface area contributed by atoms with E-state index in [4.69, 9.17) is 5.73 Å². The third-order valence-electron chi connectivity index (χ3n) is 0.558. The standard InChI is InChI=1S/C3H6N2S/c4-3-5-1-2-6-3/h2,6H,1H2,(H2,4,5). The van der Waals surface area contributed by atoms with Crippen molar-refractivity contribution in [2.75, 3.05) is 6.54 Å². The van der Waals surface area contributed by atoms with E-state index in [9.17, 15) is 0 Å². The third-order valence-corrected chi connectivity index (χ3v) is 1.31. The normalized spacial score (nSPS) is 19.7. The maximum absolute atomic E-state index is 5.24. The number of nitrogens with zero attached hydrogens (tertiary/aromatic N) is 1. The predicted octanol–water partition coefficient (Wildman–Crippen LogP) is -0.418. The highest BCUT2D eigenvalue weighted by molar-refractivity contribution is 8.12. The highest BCUT2D eigenvalue weighted by atomic mass is 32.1. The van der Waals surface area contributed by atoms with Gasteiger partial charge in [-0.2, -0.15) is 0 Å². The van der Waals surface area contributed by atoms with Gasteiger partial charge in [-0.25, -0.2) is 0 Å². The van der Waals surface area contributed by atoms with Gasteiger partial charge in [0.2, 0.25) is 0 Å². The molecule has 0 spiro atoms. The van der Waals surface area contributed by atoms with Crippen LogP contribution < -0.4 is 5.73 Å². The van der Waals surface area contributed by atoms with Crippen LogP contribution in [0.4, 0.5) is 0 Å². The molecule has 1 heterocycles. The molecule has 0 radical (unpaired) electrons. The lowest BCUT2D eigenvalue weighted by Gasteiger charge is -1.74. The van der Waals surface area contributed by atoms with E-state index in [2.05, 4.69) is 4.99 Å². The van der Waals surface area contributed by atoms with Crippen LogP contribution in [0.25, 0.3) is 0 Å². The zero-order valence-corrected chi connectivity index (χ0v) is 4.15. The molecule has 0 unspecified atom stereocenters. The van der Waals surface area contributed by atoms with Crippen LogP contribution in [0.5, 0.6) is 0 Å². The molecule has 6 heavy (non-hydrogen) atoms. The van der Waals surface area contributed by atoms with Gasteiger partial charge < -0.3 is 5.73 Å². The van der Waals surface area contributed by atoms with Crippen molar-refractivity contribution in [2.24, 2.45) is 10.7 Å². The second kappa shape index (κ2) is 1.43. The molecule has 0 atom stereocenters. The van der Waals surface area contributed by atoms with Crippen molar-refractivity contribution in [3.8, 4) is 0 Å². The van der Waals surface area contributed by atoms with Crippen LogP contribution >= 0.6 is 11.4 Å². The van der Waals surface area contributed by atoms with Crippen molar-refractivity contribution in [1.82, 2.24) is 0 Å². The minimum absolute atomic E-state index is 0.745. The van der Waals surface area contributed by atoms with Crippen molar-refractivity contribution >= 4 is 21.9 Å². The van der Waals surface area contributed by atoms with E-state index in [1.54, 1.807) is 0 Å².